The van der Waals surface area contributed by atoms with E-state index in [0.29, 0.717) is 13.0 Å². The molecule has 2 aromatic rings. The molecule has 1 amide bonds. The number of methoxy groups -OCH3 is 1. The summed E-state index contributed by atoms with van der Waals surface area (Å²) in [4.78, 5) is 29.7. The molecular weight excluding hydrogens is 304 g/mol. The van der Waals surface area contributed by atoms with E-state index in [-0.39, 0.29) is 29.8 Å². The maximum Gasteiger partial charge on any atom is 0.310 e. The van der Waals surface area contributed by atoms with Gasteiger partial charge in [-0.3, -0.25) is 9.59 Å². The number of amides is 1. The molecule has 1 saturated heterocycles. The molecule has 1 aliphatic heterocycles. The molecule has 1 aromatic carbocycles. The third-order valence-electron chi connectivity index (χ3n) is 5.46. The van der Waals surface area contributed by atoms with Crippen LogP contribution in [0.1, 0.15) is 23.5 Å². The summed E-state index contributed by atoms with van der Waals surface area (Å²) in [6.45, 7) is 4.02. The summed E-state index contributed by atoms with van der Waals surface area (Å²) in [5.41, 5.74) is 3.57. The van der Waals surface area contributed by atoms with Crippen molar-refractivity contribution >= 4 is 22.8 Å². The van der Waals surface area contributed by atoms with Crippen LogP contribution < -0.4 is 0 Å². The van der Waals surface area contributed by atoms with Gasteiger partial charge in [0.2, 0.25) is 5.91 Å². The van der Waals surface area contributed by atoms with Gasteiger partial charge in [-0.2, -0.15) is 0 Å². The first-order valence-electron chi connectivity index (χ1n) is 8.23. The number of carbonyl (C=O) groups excluding carboxylic acids is 2. The fourth-order valence-corrected chi connectivity index (χ4v) is 4.40. The van der Waals surface area contributed by atoms with Gasteiger partial charge in [-0.25, -0.2) is 0 Å². The Morgan fingerprint density at radius 2 is 2.25 bits per heavy atom. The van der Waals surface area contributed by atoms with Crippen LogP contribution >= 0.6 is 0 Å². The SMILES string of the molecule is C=CC(=O)N1C[C@H](C(=O)OC)C[C@@H]2c3cccc4[nH]cc(c34)C[C@H]21. The largest absolute Gasteiger partial charge is 0.469 e. The highest BCUT2D eigenvalue weighted by atomic mass is 16.5. The van der Waals surface area contributed by atoms with Crippen molar-refractivity contribution in [3.63, 3.8) is 0 Å². The number of likely N-dealkylation sites (tertiary alicyclic amines) is 1. The lowest BCUT2D eigenvalue weighted by Crippen LogP contribution is -2.53. The van der Waals surface area contributed by atoms with Crippen LogP contribution in [-0.4, -0.2) is 41.5 Å². The lowest BCUT2D eigenvalue weighted by molar-refractivity contribution is -0.150. The summed E-state index contributed by atoms with van der Waals surface area (Å²) in [6.07, 6.45) is 4.88. The van der Waals surface area contributed by atoms with Crippen molar-refractivity contribution < 1.29 is 14.3 Å². The van der Waals surface area contributed by atoms with Gasteiger partial charge in [0, 0.05) is 35.6 Å². The summed E-state index contributed by atoms with van der Waals surface area (Å²) in [5.74, 6) is -0.526. The van der Waals surface area contributed by atoms with E-state index in [0.717, 1.165) is 11.9 Å². The first-order chi connectivity index (χ1) is 11.6. The van der Waals surface area contributed by atoms with Crippen molar-refractivity contribution in [1.82, 2.24) is 9.88 Å². The van der Waals surface area contributed by atoms with Crippen LogP contribution in [0.4, 0.5) is 0 Å². The predicted molar refractivity (Wildman–Crippen MR) is 90.6 cm³/mol. The van der Waals surface area contributed by atoms with Crippen molar-refractivity contribution in [2.45, 2.75) is 24.8 Å². The topological polar surface area (TPSA) is 62.4 Å². The second-order valence-electron chi connectivity index (χ2n) is 6.61. The second kappa shape index (κ2) is 5.51. The molecule has 1 aliphatic carbocycles. The minimum Gasteiger partial charge on any atom is -0.469 e. The molecule has 124 valence electrons. The normalized spacial score (nSPS) is 25.2. The standard InChI is InChI=1S/C19H20N2O3/c1-3-17(22)21-10-12(19(23)24-2)7-14-13-5-4-6-15-18(13)11(9-20-15)8-16(14)21/h3-6,9,12,14,16,20H,1,7-8,10H2,2H3/t12-,14-,16-/m1/s1. The molecule has 0 saturated carbocycles. The van der Waals surface area contributed by atoms with E-state index >= 15 is 0 Å². The Morgan fingerprint density at radius 3 is 3.00 bits per heavy atom. The molecule has 2 aliphatic rings. The number of fused-ring (bicyclic) bond motifs is 2. The number of piperidine rings is 1. The molecule has 2 heterocycles. The molecule has 5 heteroatoms. The molecule has 4 rings (SSSR count). The van der Waals surface area contributed by atoms with Crippen LogP contribution in [0, 0.1) is 5.92 Å². The van der Waals surface area contributed by atoms with E-state index in [9.17, 15) is 9.59 Å². The number of H-pyrrole nitrogens is 1. The van der Waals surface area contributed by atoms with Crippen molar-refractivity contribution in [3.8, 4) is 0 Å². The smallest absolute Gasteiger partial charge is 0.310 e. The van der Waals surface area contributed by atoms with Crippen molar-refractivity contribution in [2.24, 2.45) is 5.92 Å². The number of ether oxygens (including phenoxy) is 1. The monoisotopic (exact) mass is 324 g/mol. The number of aromatic nitrogens is 1. The number of nitrogens with one attached hydrogen (secondary N) is 1. The summed E-state index contributed by atoms with van der Waals surface area (Å²) in [7, 11) is 1.40. The van der Waals surface area contributed by atoms with Crippen LogP contribution in [-0.2, 0) is 20.7 Å². The van der Waals surface area contributed by atoms with Crippen LogP contribution in [0.3, 0.4) is 0 Å². The number of benzene rings is 1. The van der Waals surface area contributed by atoms with Crippen LogP contribution in [0.2, 0.25) is 0 Å². The highest BCUT2D eigenvalue weighted by Gasteiger charge is 2.44. The Hall–Kier alpha value is -2.56. The Morgan fingerprint density at radius 1 is 1.42 bits per heavy atom. The van der Waals surface area contributed by atoms with Crippen molar-refractivity contribution in [1.29, 1.82) is 0 Å². The van der Waals surface area contributed by atoms with Crippen molar-refractivity contribution in [3.05, 3.63) is 48.2 Å². The maximum absolute atomic E-state index is 12.4. The summed E-state index contributed by atoms with van der Waals surface area (Å²) < 4.78 is 4.95. The maximum atomic E-state index is 12.4. The van der Waals surface area contributed by atoms with E-state index in [1.54, 1.807) is 4.90 Å². The van der Waals surface area contributed by atoms with E-state index in [4.69, 9.17) is 4.74 Å². The quantitative estimate of drug-likeness (QED) is 0.681. The Kier molecular flexibility index (Phi) is 3.44. The van der Waals surface area contributed by atoms with Gasteiger partial charge in [-0.1, -0.05) is 18.7 Å². The number of nitrogens with zero attached hydrogens (tertiary/aromatic N) is 1. The third-order valence-corrected chi connectivity index (χ3v) is 5.46. The summed E-state index contributed by atoms with van der Waals surface area (Å²) >= 11 is 0. The number of aromatic amines is 1. The van der Waals surface area contributed by atoms with Gasteiger partial charge >= 0.3 is 5.97 Å². The van der Waals surface area contributed by atoms with Gasteiger partial charge in [0.15, 0.2) is 0 Å². The molecule has 5 nitrogen and oxygen atoms in total. The summed E-state index contributed by atoms with van der Waals surface area (Å²) in [5, 5.41) is 1.25. The predicted octanol–water partition coefficient (Wildman–Crippen LogP) is 2.38. The molecule has 24 heavy (non-hydrogen) atoms. The average Bonchev–Trinajstić information content (AvgIpc) is 3.04. The number of carbonyl (C=O) groups is 2. The van der Waals surface area contributed by atoms with Gasteiger partial charge in [0.05, 0.1) is 13.0 Å². The molecule has 0 bridgehead atoms. The molecular formula is C19H20N2O3. The number of esters is 1. The van der Waals surface area contributed by atoms with E-state index in [1.165, 1.54) is 29.7 Å². The van der Waals surface area contributed by atoms with Crippen molar-refractivity contribution in [2.75, 3.05) is 13.7 Å². The van der Waals surface area contributed by atoms with Crippen LogP contribution in [0.15, 0.2) is 37.1 Å². The van der Waals surface area contributed by atoms with Gasteiger partial charge < -0.3 is 14.6 Å². The molecule has 1 N–H and O–H groups in total. The second-order valence-corrected chi connectivity index (χ2v) is 6.61. The minimum absolute atomic E-state index is 0.0605. The van der Waals surface area contributed by atoms with Crippen LogP contribution in [0.25, 0.3) is 10.9 Å². The van der Waals surface area contributed by atoms with Crippen LogP contribution in [0.5, 0.6) is 0 Å². The van der Waals surface area contributed by atoms with E-state index in [2.05, 4.69) is 23.7 Å². The molecule has 1 aromatic heterocycles. The summed E-state index contributed by atoms with van der Waals surface area (Å²) in [6, 6.07) is 6.27. The van der Waals surface area contributed by atoms with Gasteiger partial charge in [0.1, 0.15) is 0 Å². The van der Waals surface area contributed by atoms with Gasteiger partial charge in [-0.15, -0.1) is 0 Å². The van der Waals surface area contributed by atoms with E-state index < -0.39 is 0 Å². The first kappa shape index (κ1) is 15.0. The Bertz CT molecular complexity index is 838. The van der Waals surface area contributed by atoms with E-state index in [1.807, 2.05) is 12.3 Å². The molecule has 0 radical (unpaired) electrons. The minimum atomic E-state index is -0.295. The zero-order valence-electron chi connectivity index (χ0n) is 13.6. The average molecular weight is 324 g/mol. The lowest BCUT2D eigenvalue weighted by Gasteiger charge is -2.46. The molecule has 0 spiro atoms. The molecule has 1 fully saturated rings. The highest BCUT2D eigenvalue weighted by Crippen LogP contribution is 2.45. The third kappa shape index (κ3) is 2.08. The lowest BCUT2D eigenvalue weighted by atomic mass is 9.72. The van der Waals surface area contributed by atoms with Gasteiger partial charge in [-0.05, 0) is 36.1 Å². The first-order valence-corrected chi connectivity index (χ1v) is 8.23. The zero-order valence-corrected chi connectivity index (χ0v) is 13.6. The zero-order chi connectivity index (χ0) is 16.8. The fraction of sp³-hybridized carbons (Fsp3) is 0.368. The van der Waals surface area contributed by atoms with Gasteiger partial charge in [0.25, 0.3) is 0 Å². The number of hydrogen-bond acceptors (Lipinski definition) is 3. The Balaban J connectivity index is 1.82. The molecule has 0 unspecified atom stereocenters. The number of hydrogen-bond donors (Lipinski definition) is 1. The molecule has 3 atom stereocenters. The number of rotatable bonds is 2. The Labute approximate surface area is 140 Å². The fourth-order valence-electron chi connectivity index (χ4n) is 4.40. The highest BCUT2D eigenvalue weighted by molar-refractivity contribution is 5.91.